The van der Waals surface area contributed by atoms with Crippen molar-refractivity contribution in [3.05, 3.63) is 35.7 Å². The van der Waals surface area contributed by atoms with Gasteiger partial charge in [0.1, 0.15) is 6.10 Å². The first-order valence-electron chi connectivity index (χ1n) is 9.41. The molecule has 1 aromatic heterocycles. The molecule has 0 radical (unpaired) electrons. The summed E-state index contributed by atoms with van der Waals surface area (Å²) in [5.41, 5.74) is 2.00. The molecule has 6 rings (SSSR count). The molecule has 0 spiro atoms. The van der Waals surface area contributed by atoms with Gasteiger partial charge in [0.2, 0.25) is 0 Å². The molecule has 1 N–H and O–H groups in total. The Morgan fingerprint density at radius 3 is 2.56 bits per heavy atom. The molecule has 7 heteroatoms. The largest absolute Gasteiger partial charge is 1.00 e. The summed E-state index contributed by atoms with van der Waals surface area (Å²) in [4.78, 5) is 12.6. The Morgan fingerprint density at radius 1 is 1.19 bits per heavy atom. The van der Waals surface area contributed by atoms with Gasteiger partial charge in [0.25, 0.3) is 0 Å². The SMILES string of the molecule is C[N+]12CC3CC(C1)C(OC(=O)Nc1nscc1-c1ccccc1)C(C3)C2.[I-]. The van der Waals surface area contributed by atoms with E-state index < -0.39 is 0 Å². The molecule has 2 atom stereocenters. The van der Waals surface area contributed by atoms with E-state index in [1.165, 1.54) is 35.4 Å². The Morgan fingerprint density at radius 2 is 1.89 bits per heavy atom. The van der Waals surface area contributed by atoms with Crippen LogP contribution >= 0.6 is 11.5 Å². The summed E-state index contributed by atoms with van der Waals surface area (Å²) in [7, 11) is 2.36. The Labute approximate surface area is 180 Å². The lowest BCUT2D eigenvalue weighted by molar-refractivity contribution is -0.938. The minimum atomic E-state index is -0.358. The molecule has 4 aliphatic rings. The van der Waals surface area contributed by atoms with Crippen molar-refractivity contribution in [2.45, 2.75) is 18.9 Å². The maximum absolute atomic E-state index is 12.6. The maximum atomic E-state index is 12.6. The zero-order valence-electron chi connectivity index (χ0n) is 15.3. The topological polar surface area (TPSA) is 51.2 Å². The highest BCUT2D eigenvalue weighted by molar-refractivity contribution is 7.04. The fraction of sp³-hybridized carbons (Fsp3) is 0.500. The number of hydrogen-bond acceptors (Lipinski definition) is 4. The molecular weight excluding hydrogens is 473 g/mol. The van der Waals surface area contributed by atoms with Gasteiger partial charge < -0.3 is 33.2 Å². The molecule has 4 bridgehead atoms. The molecule has 5 nitrogen and oxygen atoms in total. The third-order valence-corrected chi connectivity index (χ3v) is 7.00. The number of quaternary nitrogens is 1. The lowest BCUT2D eigenvalue weighted by Crippen LogP contribution is -3.00. The van der Waals surface area contributed by atoms with Crippen LogP contribution in [0.4, 0.5) is 10.6 Å². The highest BCUT2D eigenvalue weighted by Crippen LogP contribution is 2.47. The van der Waals surface area contributed by atoms with Gasteiger partial charge in [-0.05, 0) is 29.9 Å². The van der Waals surface area contributed by atoms with E-state index in [9.17, 15) is 4.79 Å². The molecule has 3 saturated heterocycles. The van der Waals surface area contributed by atoms with Gasteiger partial charge in [0, 0.05) is 28.7 Å². The first kappa shape index (κ1) is 19.1. The first-order chi connectivity index (χ1) is 12.6. The van der Waals surface area contributed by atoms with Gasteiger partial charge in [-0.2, -0.15) is 4.37 Å². The fourth-order valence-electron chi connectivity index (χ4n) is 5.68. The van der Waals surface area contributed by atoms with Crippen LogP contribution in [0.25, 0.3) is 11.1 Å². The third kappa shape index (κ3) is 3.61. The summed E-state index contributed by atoms with van der Waals surface area (Å²) in [5.74, 6) is 2.45. The zero-order valence-corrected chi connectivity index (χ0v) is 18.3. The number of piperidine rings is 3. The molecule has 144 valence electrons. The molecule has 4 heterocycles. The molecule has 1 saturated carbocycles. The van der Waals surface area contributed by atoms with Crippen LogP contribution in [0, 0.1) is 17.8 Å². The second-order valence-electron chi connectivity index (χ2n) is 8.46. The Balaban J connectivity index is 0.00000180. The number of carbonyl (C=O) groups is 1. The minimum Gasteiger partial charge on any atom is -1.00 e. The van der Waals surface area contributed by atoms with Crippen LogP contribution in [0.15, 0.2) is 35.7 Å². The lowest BCUT2D eigenvalue weighted by atomic mass is 9.65. The number of benzene rings is 1. The average Bonchev–Trinajstić information content (AvgIpc) is 3.05. The van der Waals surface area contributed by atoms with Crippen molar-refractivity contribution in [2.75, 3.05) is 32.0 Å². The Hall–Kier alpha value is -1.19. The van der Waals surface area contributed by atoms with Crippen LogP contribution in [-0.4, -0.2) is 47.7 Å². The molecule has 4 fully saturated rings. The molecule has 27 heavy (non-hydrogen) atoms. The van der Waals surface area contributed by atoms with Gasteiger partial charge in [-0.15, -0.1) is 0 Å². The number of ether oxygens (including phenoxy) is 1. The summed E-state index contributed by atoms with van der Waals surface area (Å²) in [6.45, 7) is 3.61. The number of amides is 1. The van der Waals surface area contributed by atoms with Gasteiger partial charge >= 0.3 is 6.09 Å². The number of nitrogens with zero attached hydrogens (tertiary/aromatic N) is 2. The van der Waals surface area contributed by atoms with Crippen molar-refractivity contribution in [3.63, 3.8) is 0 Å². The smallest absolute Gasteiger partial charge is 0.413 e. The molecule has 3 aliphatic heterocycles. The van der Waals surface area contributed by atoms with Crippen molar-refractivity contribution in [1.29, 1.82) is 0 Å². The maximum Gasteiger partial charge on any atom is 0.413 e. The highest BCUT2D eigenvalue weighted by Gasteiger charge is 2.56. The number of aromatic nitrogens is 1. The van der Waals surface area contributed by atoms with Gasteiger partial charge in [-0.1, -0.05) is 30.3 Å². The van der Waals surface area contributed by atoms with E-state index in [2.05, 4.69) is 16.7 Å². The van der Waals surface area contributed by atoms with Gasteiger partial charge in [-0.3, -0.25) is 5.32 Å². The molecule has 2 unspecified atom stereocenters. The molecule has 2 aromatic rings. The first-order valence-corrected chi connectivity index (χ1v) is 10.2. The number of nitrogens with one attached hydrogen (secondary N) is 1. The second kappa shape index (κ2) is 7.33. The summed E-state index contributed by atoms with van der Waals surface area (Å²) >= 11 is 1.35. The van der Waals surface area contributed by atoms with Crippen LogP contribution in [0.2, 0.25) is 0 Å². The Kier molecular flexibility index (Phi) is 5.20. The van der Waals surface area contributed by atoms with E-state index in [1.54, 1.807) is 0 Å². The monoisotopic (exact) mass is 497 g/mol. The van der Waals surface area contributed by atoms with Crippen molar-refractivity contribution >= 4 is 23.4 Å². The third-order valence-electron chi connectivity index (χ3n) is 6.37. The van der Waals surface area contributed by atoms with Crippen LogP contribution in [0.5, 0.6) is 0 Å². The fourth-order valence-corrected chi connectivity index (χ4v) is 6.34. The summed E-state index contributed by atoms with van der Waals surface area (Å²) < 4.78 is 11.5. The summed E-state index contributed by atoms with van der Waals surface area (Å²) in [6.07, 6.45) is 2.14. The lowest BCUT2D eigenvalue weighted by Gasteiger charge is -2.58. The standard InChI is InChI=1S/C20H23N3O2S.HI/c1-23-9-13-7-15(10-23)18(16(8-13)11-23)25-20(24)21-19-17(12-26-22-19)14-5-3-2-4-6-14;/h2-6,12-13,15-16,18H,7-11H2,1H3;1H. The Bertz CT molecular complexity index is 812. The van der Waals surface area contributed by atoms with Crippen molar-refractivity contribution in [2.24, 2.45) is 17.8 Å². The van der Waals surface area contributed by atoms with Crippen LogP contribution in [-0.2, 0) is 4.74 Å². The van der Waals surface area contributed by atoms with Gasteiger partial charge in [0.15, 0.2) is 5.82 Å². The van der Waals surface area contributed by atoms with Gasteiger partial charge in [-0.25, -0.2) is 4.79 Å². The molecule has 1 aliphatic carbocycles. The number of hydrogen-bond donors (Lipinski definition) is 1. The molecule has 1 aromatic carbocycles. The van der Waals surface area contributed by atoms with Crippen LogP contribution < -0.4 is 29.3 Å². The number of rotatable bonds is 3. The van der Waals surface area contributed by atoms with E-state index in [0.29, 0.717) is 17.7 Å². The van der Waals surface area contributed by atoms with Gasteiger partial charge in [0.05, 0.1) is 26.7 Å². The number of halogens is 1. The quantitative estimate of drug-likeness (QED) is 0.506. The van der Waals surface area contributed by atoms with E-state index in [1.807, 2.05) is 35.7 Å². The highest BCUT2D eigenvalue weighted by atomic mass is 127. The summed E-state index contributed by atoms with van der Waals surface area (Å²) in [6, 6.07) is 10.0. The summed E-state index contributed by atoms with van der Waals surface area (Å²) in [5, 5.41) is 4.86. The average molecular weight is 497 g/mol. The molecule has 1 amide bonds. The normalized spacial score (nSPS) is 33.4. The molecular formula is C20H24IN3O2S. The second-order valence-corrected chi connectivity index (χ2v) is 9.09. The van der Waals surface area contributed by atoms with Crippen molar-refractivity contribution in [1.82, 2.24) is 4.37 Å². The van der Waals surface area contributed by atoms with E-state index in [-0.39, 0.29) is 36.2 Å². The predicted molar refractivity (Wildman–Crippen MR) is 102 cm³/mol. The number of carbonyl (C=O) groups excluding carboxylic acids is 1. The zero-order chi connectivity index (χ0) is 17.7. The van der Waals surface area contributed by atoms with Crippen molar-refractivity contribution in [3.8, 4) is 11.1 Å². The minimum absolute atomic E-state index is 0. The number of anilines is 1. The van der Waals surface area contributed by atoms with E-state index in [4.69, 9.17) is 4.74 Å². The predicted octanol–water partition coefficient (Wildman–Crippen LogP) is 0.847. The van der Waals surface area contributed by atoms with Crippen molar-refractivity contribution < 1.29 is 38.0 Å². The van der Waals surface area contributed by atoms with E-state index in [0.717, 1.165) is 30.1 Å². The van der Waals surface area contributed by atoms with Crippen LogP contribution in [0.3, 0.4) is 0 Å². The van der Waals surface area contributed by atoms with E-state index >= 15 is 0 Å². The van der Waals surface area contributed by atoms with Crippen LogP contribution in [0.1, 0.15) is 12.8 Å².